The van der Waals surface area contributed by atoms with Crippen molar-refractivity contribution in [3.05, 3.63) is 60.2 Å². The van der Waals surface area contributed by atoms with Crippen LogP contribution in [-0.4, -0.2) is 20.2 Å². The molecular weight excluding hydrogens is 290 g/mol. The third kappa shape index (κ3) is 4.74. The zero-order valence-corrected chi connectivity index (χ0v) is 13.8. The molecule has 0 aromatic heterocycles. The van der Waals surface area contributed by atoms with Gasteiger partial charge in [0.25, 0.3) is 0 Å². The van der Waals surface area contributed by atoms with Crippen LogP contribution >= 0.6 is 0 Å². The predicted molar refractivity (Wildman–Crippen MR) is 91.6 cm³/mol. The summed E-state index contributed by atoms with van der Waals surface area (Å²) in [5, 5.41) is 3.49. The van der Waals surface area contributed by atoms with Crippen molar-refractivity contribution < 1.29 is 14.3 Å². The quantitative estimate of drug-likeness (QED) is 0.784. The van der Waals surface area contributed by atoms with Crippen LogP contribution in [0.3, 0.4) is 0 Å². The van der Waals surface area contributed by atoms with E-state index in [1.54, 1.807) is 7.11 Å². The molecule has 2 atom stereocenters. The summed E-state index contributed by atoms with van der Waals surface area (Å²) in [7, 11) is 3.07. The van der Waals surface area contributed by atoms with Crippen LogP contribution in [0.5, 0.6) is 5.75 Å². The second kappa shape index (κ2) is 8.22. The van der Waals surface area contributed by atoms with Gasteiger partial charge in [0.1, 0.15) is 5.75 Å². The molecule has 0 aliphatic heterocycles. The zero-order chi connectivity index (χ0) is 16.7. The van der Waals surface area contributed by atoms with Gasteiger partial charge in [0, 0.05) is 5.69 Å². The Hall–Kier alpha value is -2.49. The number of hydrogen-bond donors (Lipinski definition) is 1. The van der Waals surface area contributed by atoms with E-state index >= 15 is 0 Å². The number of nitrogens with one attached hydrogen (secondary N) is 1. The van der Waals surface area contributed by atoms with Gasteiger partial charge in [-0.25, -0.2) is 0 Å². The van der Waals surface area contributed by atoms with Gasteiger partial charge in [0.15, 0.2) is 0 Å². The zero-order valence-electron chi connectivity index (χ0n) is 13.8. The third-order valence-electron chi connectivity index (χ3n) is 3.83. The van der Waals surface area contributed by atoms with E-state index in [0.29, 0.717) is 6.42 Å². The summed E-state index contributed by atoms with van der Waals surface area (Å²) >= 11 is 0. The lowest BCUT2D eigenvalue weighted by Gasteiger charge is -2.23. The lowest BCUT2D eigenvalue weighted by atomic mass is 9.95. The minimum absolute atomic E-state index is 0.0115. The lowest BCUT2D eigenvalue weighted by molar-refractivity contribution is -0.145. The maximum Gasteiger partial charge on any atom is 0.308 e. The molecule has 2 aromatic rings. The van der Waals surface area contributed by atoms with Crippen molar-refractivity contribution in [2.75, 3.05) is 19.5 Å². The molecule has 4 heteroatoms. The van der Waals surface area contributed by atoms with Crippen LogP contribution in [0, 0.1) is 5.92 Å². The van der Waals surface area contributed by atoms with Crippen LogP contribution in [0.1, 0.15) is 24.9 Å². The molecule has 0 spiro atoms. The topological polar surface area (TPSA) is 47.6 Å². The standard InChI is InChI=1S/C19H23NO3/c1-14(19(21)23-3)13-18(20-16-7-5-4-6-8-16)15-9-11-17(22-2)12-10-15/h4-12,14,18,20H,13H2,1-3H3/t14-,18+/m1/s1. The Kier molecular flexibility index (Phi) is 6.03. The van der Waals surface area contributed by atoms with E-state index in [1.807, 2.05) is 61.5 Å². The third-order valence-corrected chi connectivity index (χ3v) is 3.83. The van der Waals surface area contributed by atoms with E-state index in [4.69, 9.17) is 9.47 Å². The largest absolute Gasteiger partial charge is 0.497 e. The van der Waals surface area contributed by atoms with Crippen LogP contribution in [-0.2, 0) is 9.53 Å². The Labute approximate surface area is 137 Å². The molecule has 0 unspecified atom stereocenters. The van der Waals surface area contributed by atoms with Gasteiger partial charge in [-0.15, -0.1) is 0 Å². The van der Waals surface area contributed by atoms with E-state index in [2.05, 4.69) is 5.32 Å². The first-order valence-electron chi connectivity index (χ1n) is 7.67. The normalized spacial score (nSPS) is 13.0. The van der Waals surface area contributed by atoms with Crippen LogP contribution in [0.2, 0.25) is 0 Å². The molecule has 0 heterocycles. The van der Waals surface area contributed by atoms with Gasteiger partial charge in [0.2, 0.25) is 0 Å². The van der Waals surface area contributed by atoms with Gasteiger partial charge < -0.3 is 14.8 Å². The Morgan fingerprint density at radius 3 is 2.26 bits per heavy atom. The molecule has 0 amide bonds. The molecule has 23 heavy (non-hydrogen) atoms. The van der Waals surface area contributed by atoms with Crippen molar-refractivity contribution in [3.8, 4) is 5.75 Å². The predicted octanol–water partition coefficient (Wildman–Crippen LogP) is 4.05. The number of ether oxygens (including phenoxy) is 2. The van der Waals surface area contributed by atoms with Gasteiger partial charge in [-0.2, -0.15) is 0 Å². The van der Waals surface area contributed by atoms with Crippen molar-refractivity contribution in [1.82, 2.24) is 0 Å². The fraction of sp³-hybridized carbons (Fsp3) is 0.316. The summed E-state index contributed by atoms with van der Waals surface area (Å²) in [6.45, 7) is 1.88. The smallest absolute Gasteiger partial charge is 0.308 e. The first kappa shape index (κ1) is 16.9. The number of carbonyl (C=O) groups excluding carboxylic acids is 1. The number of methoxy groups -OCH3 is 2. The number of para-hydroxylation sites is 1. The summed E-state index contributed by atoms with van der Waals surface area (Å²) in [4.78, 5) is 11.8. The highest BCUT2D eigenvalue weighted by Gasteiger charge is 2.21. The van der Waals surface area contributed by atoms with Crippen LogP contribution < -0.4 is 10.1 Å². The van der Waals surface area contributed by atoms with Gasteiger partial charge in [0.05, 0.1) is 26.2 Å². The first-order chi connectivity index (χ1) is 11.1. The van der Waals surface area contributed by atoms with Crippen LogP contribution in [0.4, 0.5) is 5.69 Å². The molecule has 0 radical (unpaired) electrons. The number of benzene rings is 2. The molecule has 0 aliphatic rings. The summed E-state index contributed by atoms with van der Waals surface area (Å²) in [5.41, 5.74) is 2.12. The summed E-state index contributed by atoms with van der Waals surface area (Å²) in [6, 6.07) is 17.9. The number of hydrogen-bond acceptors (Lipinski definition) is 4. The maximum absolute atomic E-state index is 11.8. The lowest BCUT2D eigenvalue weighted by Crippen LogP contribution is -2.20. The first-order valence-corrected chi connectivity index (χ1v) is 7.67. The SMILES string of the molecule is COC(=O)[C@H](C)C[C@H](Nc1ccccc1)c1ccc(OC)cc1. The van der Waals surface area contributed by atoms with Crippen molar-refractivity contribution in [2.24, 2.45) is 5.92 Å². The van der Waals surface area contributed by atoms with Crippen molar-refractivity contribution in [3.63, 3.8) is 0 Å². The molecule has 2 aromatic carbocycles. The Morgan fingerprint density at radius 2 is 1.70 bits per heavy atom. The molecule has 0 saturated carbocycles. The highest BCUT2D eigenvalue weighted by atomic mass is 16.5. The number of anilines is 1. The van der Waals surface area contributed by atoms with Crippen molar-refractivity contribution in [1.29, 1.82) is 0 Å². The van der Waals surface area contributed by atoms with Crippen LogP contribution in [0.25, 0.3) is 0 Å². The second-order valence-electron chi connectivity index (χ2n) is 5.50. The number of rotatable bonds is 7. The maximum atomic E-state index is 11.8. The van der Waals surface area contributed by atoms with Crippen molar-refractivity contribution in [2.45, 2.75) is 19.4 Å². The second-order valence-corrected chi connectivity index (χ2v) is 5.50. The average molecular weight is 313 g/mol. The summed E-state index contributed by atoms with van der Waals surface area (Å²) < 4.78 is 10.1. The van der Waals surface area contributed by atoms with Gasteiger partial charge >= 0.3 is 5.97 Å². The van der Waals surface area contributed by atoms with E-state index in [1.165, 1.54) is 7.11 Å². The fourth-order valence-electron chi connectivity index (χ4n) is 2.50. The van der Waals surface area contributed by atoms with E-state index in [-0.39, 0.29) is 17.9 Å². The highest BCUT2D eigenvalue weighted by Crippen LogP contribution is 2.28. The Balaban J connectivity index is 2.20. The van der Waals surface area contributed by atoms with Crippen LogP contribution in [0.15, 0.2) is 54.6 Å². The van der Waals surface area contributed by atoms with Gasteiger partial charge in [-0.05, 0) is 36.2 Å². The van der Waals surface area contributed by atoms with E-state index in [0.717, 1.165) is 17.0 Å². The number of esters is 1. The van der Waals surface area contributed by atoms with E-state index in [9.17, 15) is 4.79 Å². The van der Waals surface area contributed by atoms with Gasteiger partial charge in [-0.3, -0.25) is 4.79 Å². The summed E-state index contributed by atoms with van der Waals surface area (Å²) in [6.07, 6.45) is 0.647. The molecule has 0 fully saturated rings. The monoisotopic (exact) mass is 313 g/mol. The molecule has 0 saturated heterocycles. The fourth-order valence-corrected chi connectivity index (χ4v) is 2.50. The molecule has 1 N–H and O–H groups in total. The highest BCUT2D eigenvalue weighted by molar-refractivity contribution is 5.72. The van der Waals surface area contributed by atoms with E-state index < -0.39 is 0 Å². The Morgan fingerprint density at radius 1 is 1.04 bits per heavy atom. The number of carbonyl (C=O) groups is 1. The van der Waals surface area contributed by atoms with Crippen molar-refractivity contribution >= 4 is 11.7 Å². The molecule has 2 rings (SSSR count). The molecule has 0 aliphatic carbocycles. The molecular formula is C19H23NO3. The Bertz CT molecular complexity index is 610. The minimum atomic E-state index is -0.196. The minimum Gasteiger partial charge on any atom is -0.497 e. The molecule has 122 valence electrons. The molecule has 0 bridgehead atoms. The van der Waals surface area contributed by atoms with Gasteiger partial charge in [-0.1, -0.05) is 37.3 Å². The molecule has 4 nitrogen and oxygen atoms in total. The average Bonchev–Trinajstić information content (AvgIpc) is 2.61. The summed E-state index contributed by atoms with van der Waals surface area (Å²) in [5.74, 6) is 0.426.